The van der Waals surface area contributed by atoms with E-state index in [0.717, 1.165) is 5.56 Å². The van der Waals surface area contributed by atoms with Gasteiger partial charge in [-0.25, -0.2) is 4.68 Å². The van der Waals surface area contributed by atoms with E-state index in [9.17, 15) is 9.59 Å². The summed E-state index contributed by atoms with van der Waals surface area (Å²) < 4.78 is 1.52. The Morgan fingerprint density at radius 3 is 2.40 bits per heavy atom. The Balaban J connectivity index is 1.31. The van der Waals surface area contributed by atoms with Gasteiger partial charge in [0.1, 0.15) is 0 Å². The number of carbonyl (C=O) groups is 2. The quantitative estimate of drug-likeness (QED) is 0.348. The van der Waals surface area contributed by atoms with Crippen molar-refractivity contribution in [3.8, 4) is 11.4 Å². The molecule has 3 aromatic carbocycles. The smallest absolute Gasteiger partial charge is 0.276 e. The van der Waals surface area contributed by atoms with Crippen LogP contribution in [0.1, 0.15) is 26.4 Å². The number of nitrogens with one attached hydrogen (secondary N) is 1. The van der Waals surface area contributed by atoms with Gasteiger partial charge in [0.2, 0.25) is 5.82 Å². The molecule has 0 aliphatic rings. The van der Waals surface area contributed by atoms with E-state index in [1.165, 1.54) is 15.5 Å². The van der Waals surface area contributed by atoms with Crippen molar-refractivity contribution in [3.63, 3.8) is 0 Å². The van der Waals surface area contributed by atoms with Gasteiger partial charge in [-0.3, -0.25) is 9.59 Å². The van der Waals surface area contributed by atoms with Crippen LogP contribution in [0.3, 0.4) is 0 Å². The van der Waals surface area contributed by atoms with Gasteiger partial charge in [0.25, 0.3) is 5.91 Å². The number of ketones is 1. The number of benzene rings is 3. The average molecular weight is 484 g/mol. The molecule has 2 heterocycles. The lowest BCUT2D eigenvalue weighted by molar-refractivity contribution is 0.102. The van der Waals surface area contributed by atoms with E-state index < -0.39 is 5.91 Å². The lowest BCUT2D eigenvalue weighted by Gasteiger charge is -2.10. The van der Waals surface area contributed by atoms with E-state index >= 15 is 0 Å². The number of rotatable bonds is 7. The monoisotopic (exact) mass is 483 g/mol. The Morgan fingerprint density at radius 1 is 0.886 bits per heavy atom. The molecule has 0 aliphatic heterocycles. The molecule has 0 radical (unpaired) electrons. The molecule has 1 N–H and O–H groups in total. The van der Waals surface area contributed by atoms with Crippen LogP contribution in [0.15, 0.2) is 91.1 Å². The number of anilines is 1. The van der Waals surface area contributed by atoms with E-state index in [4.69, 9.17) is 11.6 Å². The van der Waals surface area contributed by atoms with E-state index in [1.54, 1.807) is 48.7 Å². The molecule has 5 aromatic rings. The van der Waals surface area contributed by atoms with E-state index in [0.29, 0.717) is 22.1 Å². The van der Waals surface area contributed by atoms with E-state index in [-0.39, 0.29) is 23.7 Å². The van der Waals surface area contributed by atoms with Crippen LogP contribution in [0, 0.1) is 0 Å². The summed E-state index contributed by atoms with van der Waals surface area (Å²) in [6.07, 6.45) is 1.64. The summed E-state index contributed by atoms with van der Waals surface area (Å²) in [6, 6.07) is 24.6. The van der Waals surface area contributed by atoms with Crippen molar-refractivity contribution in [1.29, 1.82) is 0 Å². The van der Waals surface area contributed by atoms with Gasteiger partial charge in [0.15, 0.2) is 18.1 Å². The van der Waals surface area contributed by atoms with Crippen LogP contribution in [0.2, 0.25) is 5.02 Å². The molecule has 0 saturated heterocycles. The first-order valence-electron chi connectivity index (χ1n) is 10.6. The first-order valence-corrected chi connectivity index (χ1v) is 11.0. The van der Waals surface area contributed by atoms with Crippen LogP contribution in [-0.2, 0) is 6.67 Å². The van der Waals surface area contributed by atoms with Gasteiger partial charge in [-0.1, -0.05) is 72.3 Å². The predicted octanol–water partition coefficient (Wildman–Crippen LogP) is 4.18. The van der Waals surface area contributed by atoms with Crippen molar-refractivity contribution in [2.75, 3.05) is 5.32 Å². The molecule has 0 atom stereocenters. The van der Waals surface area contributed by atoms with Crippen LogP contribution in [0.25, 0.3) is 11.4 Å². The normalized spacial score (nSPS) is 10.8. The van der Waals surface area contributed by atoms with E-state index in [1.807, 2.05) is 36.4 Å². The zero-order valence-electron chi connectivity index (χ0n) is 18.2. The minimum Gasteiger partial charge on any atom is -0.320 e. The predicted molar refractivity (Wildman–Crippen MR) is 130 cm³/mol. The van der Waals surface area contributed by atoms with Crippen LogP contribution in [-0.4, -0.2) is 41.7 Å². The second-order valence-electron chi connectivity index (χ2n) is 7.57. The maximum atomic E-state index is 13.0. The summed E-state index contributed by atoms with van der Waals surface area (Å²) in [5.74, 6) is -0.223. The molecule has 0 saturated carbocycles. The molecule has 9 nitrogen and oxygen atoms in total. The minimum atomic E-state index is -0.468. The Kier molecular flexibility index (Phi) is 6.15. The van der Waals surface area contributed by atoms with Crippen LogP contribution in [0.5, 0.6) is 0 Å². The number of hydrogen-bond acceptors (Lipinski definition) is 6. The number of aromatic nitrogens is 6. The molecule has 1 amide bonds. The van der Waals surface area contributed by atoms with Crippen molar-refractivity contribution in [2.24, 2.45) is 0 Å². The molecule has 0 fully saturated rings. The topological polar surface area (TPSA) is 108 Å². The second-order valence-corrected chi connectivity index (χ2v) is 8.01. The molecular weight excluding hydrogens is 466 g/mol. The minimum absolute atomic E-state index is 0.168. The zero-order chi connectivity index (χ0) is 24.2. The summed E-state index contributed by atoms with van der Waals surface area (Å²) in [5, 5.41) is 19.9. The van der Waals surface area contributed by atoms with Gasteiger partial charge < -0.3 is 5.32 Å². The highest BCUT2D eigenvalue weighted by molar-refractivity contribution is 6.31. The Hall–Kier alpha value is -4.63. The fourth-order valence-electron chi connectivity index (χ4n) is 3.44. The van der Waals surface area contributed by atoms with Crippen molar-refractivity contribution in [3.05, 3.63) is 113 Å². The summed E-state index contributed by atoms with van der Waals surface area (Å²) in [6.45, 7) is 0.172. The van der Waals surface area contributed by atoms with Crippen LogP contribution >= 0.6 is 11.6 Å². The highest BCUT2D eigenvalue weighted by Gasteiger charge is 2.18. The van der Waals surface area contributed by atoms with Gasteiger partial charge in [0, 0.05) is 27.9 Å². The van der Waals surface area contributed by atoms with Gasteiger partial charge >= 0.3 is 0 Å². The second kappa shape index (κ2) is 9.70. The number of nitrogens with zero attached hydrogens (tertiary/aromatic N) is 6. The lowest BCUT2D eigenvalue weighted by atomic mass is 10.0. The molecular formula is C25H18ClN7O2. The lowest BCUT2D eigenvalue weighted by Crippen LogP contribution is -2.17. The fraction of sp³-hybridized carbons (Fsp3) is 0.0400. The molecule has 0 spiro atoms. The van der Waals surface area contributed by atoms with Crippen molar-refractivity contribution in [2.45, 2.75) is 6.67 Å². The third-order valence-corrected chi connectivity index (χ3v) is 5.38. The number of carbonyl (C=O) groups excluding carboxylic acids is 2. The number of hydrogen-bond donors (Lipinski definition) is 1. The molecule has 10 heteroatoms. The van der Waals surface area contributed by atoms with Crippen LogP contribution in [0.4, 0.5) is 5.69 Å². The highest BCUT2D eigenvalue weighted by atomic mass is 35.5. The number of tetrazole rings is 1. The maximum Gasteiger partial charge on any atom is 0.276 e. The molecule has 0 unspecified atom stereocenters. The fourth-order valence-corrected chi connectivity index (χ4v) is 3.61. The first-order chi connectivity index (χ1) is 17.1. The Bertz CT molecular complexity index is 1500. The number of amides is 1. The molecule has 172 valence electrons. The third-order valence-electron chi connectivity index (χ3n) is 5.14. The molecule has 2 aromatic heterocycles. The van der Waals surface area contributed by atoms with Gasteiger partial charge in [-0.05, 0) is 29.5 Å². The van der Waals surface area contributed by atoms with Crippen molar-refractivity contribution >= 4 is 29.0 Å². The molecule has 5 rings (SSSR count). The molecule has 35 heavy (non-hydrogen) atoms. The highest BCUT2D eigenvalue weighted by Crippen LogP contribution is 2.24. The zero-order valence-corrected chi connectivity index (χ0v) is 19.0. The van der Waals surface area contributed by atoms with E-state index in [2.05, 4.69) is 25.8 Å². The van der Waals surface area contributed by atoms with Gasteiger partial charge in [-0.15, -0.1) is 15.0 Å². The summed E-state index contributed by atoms with van der Waals surface area (Å²) >= 11 is 6.12. The van der Waals surface area contributed by atoms with Gasteiger partial charge in [-0.2, -0.15) is 5.10 Å². The molecule has 0 bridgehead atoms. The SMILES string of the molecule is O=C(Nc1ccc(Cl)cc1C(=O)c1ccccc1)c1ccn(Cn2nnc(-c3ccccc3)n2)n1. The Labute approximate surface area is 205 Å². The standard InChI is InChI=1S/C25H18ClN7O2/c26-19-11-12-21(20(15-19)23(34)17-7-3-1-4-8-17)27-25(35)22-13-14-32(29-22)16-33-30-24(28-31-33)18-9-5-2-6-10-18/h1-15H,16H2,(H,27,35). The van der Waals surface area contributed by atoms with Crippen molar-refractivity contribution < 1.29 is 9.59 Å². The summed E-state index contributed by atoms with van der Waals surface area (Å²) in [4.78, 5) is 27.3. The molecule has 0 aliphatic carbocycles. The van der Waals surface area contributed by atoms with Crippen molar-refractivity contribution in [1.82, 2.24) is 30.0 Å². The van der Waals surface area contributed by atoms with Gasteiger partial charge in [0.05, 0.1) is 5.69 Å². The first kappa shape index (κ1) is 22.2. The number of halogens is 1. The third kappa shape index (κ3) is 4.99. The summed E-state index contributed by atoms with van der Waals surface area (Å²) in [5.41, 5.74) is 2.14. The van der Waals surface area contributed by atoms with Crippen LogP contribution < -0.4 is 5.32 Å². The average Bonchev–Trinajstić information content (AvgIpc) is 3.56. The Morgan fingerprint density at radius 2 is 1.63 bits per heavy atom. The maximum absolute atomic E-state index is 13.0. The summed E-state index contributed by atoms with van der Waals surface area (Å²) in [7, 11) is 0. The largest absolute Gasteiger partial charge is 0.320 e.